The van der Waals surface area contributed by atoms with Crippen molar-refractivity contribution in [3.05, 3.63) is 71.1 Å². The summed E-state index contributed by atoms with van der Waals surface area (Å²) < 4.78 is 3.79. The summed E-state index contributed by atoms with van der Waals surface area (Å²) >= 11 is 0. The van der Waals surface area contributed by atoms with Gasteiger partial charge in [0.15, 0.2) is 0 Å². The van der Waals surface area contributed by atoms with E-state index in [0.29, 0.717) is 0 Å². The van der Waals surface area contributed by atoms with Crippen LogP contribution in [0.25, 0.3) is 27.3 Å². The molecule has 3 heteroatoms. The minimum Gasteiger partial charge on any atom is -0.241 e. The van der Waals surface area contributed by atoms with Crippen LogP contribution in [0.1, 0.15) is 0 Å². The molecule has 0 unspecified atom stereocenters. The van der Waals surface area contributed by atoms with Crippen LogP contribution >= 0.6 is 0 Å². The molecule has 0 saturated carbocycles. The van der Waals surface area contributed by atoms with Gasteiger partial charge in [-0.2, -0.15) is 8.97 Å². The molecule has 0 spiro atoms. The molecule has 0 atom stereocenters. The van der Waals surface area contributed by atoms with Gasteiger partial charge in [-0.05, 0) is 17.5 Å². The lowest BCUT2D eigenvalue weighted by atomic mass is 10.1. The number of pyridine rings is 1. The molecule has 0 bridgehead atoms. The molecule has 96 valence electrons. The van der Waals surface area contributed by atoms with Crippen molar-refractivity contribution in [1.82, 2.24) is 4.57 Å². The highest BCUT2D eigenvalue weighted by molar-refractivity contribution is 5.84. The number of aromatic nitrogens is 2. The summed E-state index contributed by atoms with van der Waals surface area (Å²) in [5.74, 6) is 0. The maximum atomic E-state index is 12.4. The number of para-hydroxylation sites is 1. The topological polar surface area (TPSA) is 26.1 Å². The molecule has 20 heavy (non-hydrogen) atoms. The SMILES string of the molecule is Cn1c(=O)c2ccccc2[n+]2cc3ccccc3cc12. The quantitative estimate of drug-likeness (QED) is 0.271. The first-order valence-electron chi connectivity index (χ1n) is 6.57. The molecule has 0 aliphatic heterocycles. The third-order valence-electron chi connectivity index (χ3n) is 3.84. The van der Waals surface area contributed by atoms with Crippen LogP contribution in [0.2, 0.25) is 0 Å². The van der Waals surface area contributed by atoms with Gasteiger partial charge in [0.25, 0.3) is 5.65 Å². The van der Waals surface area contributed by atoms with E-state index < -0.39 is 0 Å². The number of nitrogens with zero attached hydrogens (tertiary/aromatic N) is 2. The highest BCUT2D eigenvalue weighted by Gasteiger charge is 2.15. The van der Waals surface area contributed by atoms with Crippen LogP contribution in [0.5, 0.6) is 0 Å². The summed E-state index contributed by atoms with van der Waals surface area (Å²) in [5.41, 5.74) is 1.87. The van der Waals surface area contributed by atoms with Crippen LogP contribution in [-0.4, -0.2) is 4.57 Å². The Morgan fingerprint density at radius 3 is 2.50 bits per heavy atom. The van der Waals surface area contributed by atoms with Gasteiger partial charge in [0.1, 0.15) is 17.1 Å². The van der Waals surface area contributed by atoms with Crippen molar-refractivity contribution in [2.24, 2.45) is 7.05 Å². The van der Waals surface area contributed by atoms with E-state index in [0.717, 1.165) is 27.3 Å². The fourth-order valence-electron chi connectivity index (χ4n) is 2.77. The second-order valence-electron chi connectivity index (χ2n) is 5.01. The Morgan fingerprint density at radius 1 is 0.950 bits per heavy atom. The van der Waals surface area contributed by atoms with E-state index in [9.17, 15) is 4.79 Å². The van der Waals surface area contributed by atoms with Crippen LogP contribution < -0.4 is 9.96 Å². The molecule has 0 aliphatic carbocycles. The van der Waals surface area contributed by atoms with Crippen LogP contribution in [0.4, 0.5) is 0 Å². The van der Waals surface area contributed by atoms with E-state index in [1.165, 1.54) is 0 Å². The number of hydrogen-bond acceptors (Lipinski definition) is 1. The maximum absolute atomic E-state index is 12.4. The van der Waals surface area contributed by atoms with E-state index in [2.05, 4.69) is 28.8 Å². The van der Waals surface area contributed by atoms with Gasteiger partial charge in [-0.25, -0.2) is 4.79 Å². The van der Waals surface area contributed by atoms with Crippen molar-refractivity contribution in [2.75, 3.05) is 0 Å². The molecule has 2 heterocycles. The predicted molar refractivity (Wildman–Crippen MR) is 79.9 cm³/mol. The molecule has 0 fully saturated rings. The van der Waals surface area contributed by atoms with Gasteiger partial charge < -0.3 is 0 Å². The zero-order valence-electron chi connectivity index (χ0n) is 11.1. The summed E-state index contributed by atoms with van der Waals surface area (Å²) in [5, 5.41) is 3.04. The molecule has 4 aromatic rings. The molecule has 2 aromatic carbocycles. The number of rotatable bonds is 0. The zero-order valence-corrected chi connectivity index (χ0v) is 11.1. The third-order valence-corrected chi connectivity index (χ3v) is 3.84. The largest absolute Gasteiger partial charge is 0.345 e. The smallest absolute Gasteiger partial charge is 0.241 e. The first kappa shape index (κ1) is 11.2. The van der Waals surface area contributed by atoms with Crippen LogP contribution in [0.3, 0.4) is 0 Å². The fraction of sp³-hybridized carbons (Fsp3) is 0.0588. The molecule has 0 N–H and O–H groups in total. The minimum atomic E-state index is 0.0379. The van der Waals surface area contributed by atoms with Crippen molar-refractivity contribution in [3.63, 3.8) is 0 Å². The Labute approximate surface area is 115 Å². The average molecular weight is 261 g/mol. The maximum Gasteiger partial charge on any atom is 0.345 e. The van der Waals surface area contributed by atoms with Crippen molar-refractivity contribution < 1.29 is 4.40 Å². The molecular formula is C17H13N2O+. The molecular weight excluding hydrogens is 248 g/mol. The monoisotopic (exact) mass is 261 g/mol. The van der Waals surface area contributed by atoms with Crippen molar-refractivity contribution in [1.29, 1.82) is 0 Å². The summed E-state index contributed by atoms with van der Waals surface area (Å²) in [7, 11) is 1.82. The molecule has 0 aliphatic rings. The molecule has 3 nitrogen and oxygen atoms in total. The van der Waals surface area contributed by atoms with Gasteiger partial charge in [-0.15, -0.1) is 0 Å². The van der Waals surface area contributed by atoms with E-state index in [1.807, 2.05) is 43.4 Å². The number of benzene rings is 2. The van der Waals surface area contributed by atoms with Gasteiger partial charge in [0.2, 0.25) is 0 Å². The number of fused-ring (bicyclic) bond motifs is 4. The van der Waals surface area contributed by atoms with E-state index >= 15 is 0 Å². The van der Waals surface area contributed by atoms with Crippen molar-refractivity contribution in [3.8, 4) is 0 Å². The second kappa shape index (κ2) is 3.90. The summed E-state index contributed by atoms with van der Waals surface area (Å²) in [6.07, 6.45) is 2.09. The molecule has 0 radical (unpaired) electrons. The second-order valence-corrected chi connectivity index (χ2v) is 5.01. The van der Waals surface area contributed by atoms with Gasteiger partial charge in [0.05, 0.1) is 7.05 Å². The van der Waals surface area contributed by atoms with Gasteiger partial charge in [-0.1, -0.05) is 36.4 Å². The lowest BCUT2D eigenvalue weighted by Crippen LogP contribution is -2.33. The van der Waals surface area contributed by atoms with Gasteiger partial charge in [-0.3, -0.25) is 0 Å². The average Bonchev–Trinajstić information content (AvgIpc) is 2.51. The van der Waals surface area contributed by atoms with Gasteiger partial charge >= 0.3 is 5.56 Å². The Balaban J connectivity index is 2.37. The summed E-state index contributed by atoms with van der Waals surface area (Å²) in [6.45, 7) is 0. The van der Waals surface area contributed by atoms with Crippen LogP contribution in [-0.2, 0) is 7.05 Å². The van der Waals surface area contributed by atoms with Crippen LogP contribution in [0, 0.1) is 0 Å². The van der Waals surface area contributed by atoms with Crippen molar-refractivity contribution in [2.45, 2.75) is 0 Å². The molecule has 2 aromatic heterocycles. The Kier molecular flexibility index (Phi) is 2.18. The zero-order chi connectivity index (χ0) is 13.7. The van der Waals surface area contributed by atoms with E-state index in [-0.39, 0.29) is 5.56 Å². The fourth-order valence-corrected chi connectivity index (χ4v) is 2.77. The Hall–Kier alpha value is -2.68. The Morgan fingerprint density at radius 2 is 1.65 bits per heavy atom. The first-order valence-corrected chi connectivity index (χ1v) is 6.57. The number of aryl methyl sites for hydroxylation is 1. The van der Waals surface area contributed by atoms with Crippen molar-refractivity contribution >= 4 is 27.3 Å². The number of hydrogen-bond donors (Lipinski definition) is 0. The minimum absolute atomic E-state index is 0.0379. The molecule has 0 saturated heterocycles. The summed E-state index contributed by atoms with van der Waals surface area (Å²) in [6, 6.07) is 18.0. The van der Waals surface area contributed by atoms with Crippen LogP contribution in [0.15, 0.2) is 65.6 Å². The van der Waals surface area contributed by atoms with E-state index in [4.69, 9.17) is 0 Å². The highest BCUT2D eigenvalue weighted by Crippen LogP contribution is 2.14. The normalized spacial score (nSPS) is 11.4. The summed E-state index contributed by atoms with van der Waals surface area (Å²) in [4.78, 5) is 12.4. The van der Waals surface area contributed by atoms with Gasteiger partial charge in [0, 0.05) is 11.5 Å². The predicted octanol–water partition coefficient (Wildman–Crippen LogP) is 2.43. The van der Waals surface area contributed by atoms with E-state index in [1.54, 1.807) is 4.57 Å². The lowest BCUT2D eigenvalue weighted by Gasteiger charge is -2.04. The highest BCUT2D eigenvalue weighted by atomic mass is 16.1. The third kappa shape index (κ3) is 1.40. The molecule has 4 rings (SSSR count). The first-order chi connectivity index (χ1) is 9.75. The lowest BCUT2D eigenvalue weighted by molar-refractivity contribution is -0.484. The molecule has 0 amide bonds. The standard InChI is InChI=1S/C17H13N2O/c1-18-16-10-12-6-2-3-7-13(12)11-19(16)15-9-5-4-8-14(15)17(18)20/h2-11H,1H3/q+1. The Bertz CT molecular complexity index is 1030.